The second-order valence-corrected chi connectivity index (χ2v) is 8.09. The highest BCUT2D eigenvalue weighted by Gasteiger charge is 2.26. The summed E-state index contributed by atoms with van der Waals surface area (Å²) in [6, 6.07) is 6.09. The number of likely N-dealkylation sites (tertiary alicyclic amines) is 1. The molecule has 0 aliphatic carbocycles. The molecule has 0 saturated carbocycles. The van der Waals surface area contributed by atoms with Gasteiger partial charge < -0.3 is 4.90 Å². The summed E-state index contributed by atoms with van der Waals surface area (Å²) < 4.78 is 26.4. The number of nitrogens with one attached hydrogen (secondary N) is 1. The van der Waals surface area contributed by atoms with E-state index in [1.165, 1.54) is 18.2 Å². The van der Waals surface area contributed by atoms with E-state index in [2.05, 4.69) is 25.1 Å². The van der Waals surface area contributed by atoms with Crippen LogP contribution in [0.5, 0.6) is 0 Å². The van der Waals surface area contributed by atoms with E-state index in [0.717, 1.165) is 19.5 Å². The summed E-state index contributed by atoms with van der Waals surface area (Å²) in [5, 5.41) is 0. The highest BCUT2D eigenvalue weighted by molar-refractivity contribution is 7.89. The molecule has 1 saturated heterocycles. The topological polar surface area (TPSA) is 66.5 Å². The number of sulfonamides is 1. The highest BCUT2D eigenvalue weighted by atomic mass is 32.2. The average molecular weight is 336 g/mol. The molecule has 0 unspecified atom stereocenters. The predicted octanol–water partition coefficient (Wildman–Crippen LogP) is 2.27. The van der Waals surface area contributed by atoms with E-state index in [1.807, 2.05) is 4.90 Å². The Bertz CT molecular complexity index is 658. The van der Waals surface area contributed by atoms with Gasteiger partial charge in [0.25, 0.3) is 5.91 Å². The lowest BCUT2D eigenvalue weighted by molar-refractivity contribution is 0.0623. The minimum Gasteiger partial charge on any atom is -0.338 e. The molecule has 0 spiro atoms. The number of amides is 1. The quantitative estimate of drug-likeness (QED) is 0.839. The van der Waals surface area contributed by atoms with Crippen molar-refractivity contribution in [1.29, 1.82) is 0 Å². The number of hydrogen-bond donors (Lipinski definition) is 1. The lowest BCUT2D eigenvalue weighted by Crippen LogP contribution is -2.42. The summed E-state index contributed by atoms with van der Waals surface area (Å²) in [4.78, 5) is 14.6. The first-order valence-electron chi connectivity index (χ1n) is 7.83. The number of hydrogen-bond acceptors (Lipinski definition) is 3. The summed E-state index contributed by atoms with van der Waals surface area (Å²) in [7, 11) is -3.55. The second kappa shape index (κ2) is 7.27. The fourth-order valence-corrected chi connectivity index (χ4v) is 4.04. The van der Waals surface area contributed by atoms with Crippen LogP contribution in [0.1, 0.15) is 30.6 Å². The Hall–Kier alpha value is -1.66. The van der Waals surface area contributed by atoms with Crippen molar-refractivity contribution in [3.05, 3.63) is 42.5 Å². The number of benzene rings is 1. The van der Waals surface area contributed by atoms with E-state index in [0.29, 0.717) is 17.4 Å². The normalized spacial score (nSPS) is 21.9. The molecule has 1 fully saturated rings. The molecule has 0 bridgehead atoms. The Morgan fingerprint density at radius 1 is 1.26 bits per heavy atom. The maximum atomic E-state index is 12.6. The molecule has 1 aromatic carbocycles. The van der Waals surface area contributed by atoms with Crippen LogP contribution in [-0.4, -0.2) is 38.9 Å². The predicted molar refractivity (Wildman–Crippen MR) is 90.7 cm³/mol. The third-order valence-electron chi connectivity index (χ3n) is 3.99. The fourth-order valence-electron chi connectivity index (χ4n) is 3.04. The molecule has 126 valence electrons. The van der Waals surface area contributed by atoms with Crippen molar-refractivity contribution in [2.75, 3.05) is 19.6 Å². The lowest BCUT2D eigenvalue weighted by atomic mass is 9.91. The zero-order chi connectivity index (χ0) is 17.0. The zero-order valence-corrected chi connectivity index (χ0v) is 14.5. The number of piperidine rings is 1. The van der Waals surface area contributed by atoms with Gasteiger partial charge in [-0.15, -0.1) is 6.58 Å². The van der Waals surface area contributed by atoms with E-state index in [4.69, 9.17) is 0 Å². The highest BCUT2D eigenvalue weighted by Crippen LogP contribution is 2.23. The van der Waals surface area contributed by atoms with Gasteiger partial charge in [0.05, 0.1) is 4.90 Å². The molecular weight excluding hydrogens is 312 g/mol. The summed E-state index contributed by atoms with van der Waals surface area (Å²) in [5.41, 5.74) is 0.522. The molecule has 1 amide bonds. The fraction of sp³-hybridized carbons (Fsp3) is 0.471. The van der Waals surface area contributed by atoms with Gasteiger partial charge in [-0.1, -0.05) is 19.9 Å². The van der Waals surface area contributed by atoms with E-state index in [1.54, 1.807) is 12.1 Å². The van der Waals surface area contributed by atoms with Crippen molar-refractivity contribution in [2.24, 2.45) is 11.8 Å². The number of rotatable bonds is 5. The molecule has 2 atom stereocenters. The third-order valence-corrected chi connectivity index (χ3v) is 5.42. The van der Waals surface area contributed by atoms with Crippen molar-refractivity contribution < 1.29 is 13.2 Å². The first-order chi connectivity index (χ1) is 10.8. The van der Waals surface area contributed by atoms with Gasteiger partial charge in [0.1, 0.15) is 0 Å². The van der Waals surface area contributed by atoms with Crippen molar-refractivity contribution in [3.8, 4) is 0 Å². The Morgan fingerprint density at radius 2 is 1.83 bits per heavy atom. The average Bonchev–Trinajstić information content (AvgIpc) is 2.51. The van der Waals surface area contributed by atoms with Gasteiger partial charge in [-0.25, -0.2) is 13.1 Å². The molecule has 1 heterocycles. The Labute approximate surface area is 138 Å². The summed E-state index contributed by atoms with van der Waals surface area (Å²) >= 11 is 0. The first-order valence-corrected chi connectivity index (χ1v) is 9.31. The van der Waals surface area contributed by atoms with Crippen LogP contribution in [0.4, 0.5) is 0 Å². The molecule has 5 nitrogen and oxygen atoms in total. The minimum atomic E-state index is -3.55. The molecule has 0 radical (unpaired) electrons. The van der Waals surface area contributed by atoms with Crippen LogP contribution >= 0.6 is 0 Å². The zero-order valence-electron chi connectivity index (χ0n) is 13.7. The van der Waals surface area contributed by atoms with E-state index in [-0.39, 0.29) is 17.3 Å². The SMILES string of the molecule is C=CCNS(=O)(=O)c1ccc(C(=O)N2C[C@H](C)C[C@@H](C)C2)cc1. The second-order valence-electron chi connectivity index (χ2n) is 6.32. The number of carbonyl (C=O) groups is 1. The largest absolute Gasteiger partial charge is 0.338 e. The van der Waals surface area contributed by atoms with Crippen LogP contribution in [-0.2, 0) is 10.0 Å². The molecule has 6 heteroatoms. The van der Waals surface area contributed by atoms with Gasteiger partial charge in [0.15, 0.2) is 0 Å². The molecule has 1 aliphatic rings. The Kier molecular flexibility index (Phi) is 5.59. The molecule has 1 aromatic rings. The Morgan fingerprint density at radius 3 is 2.35 bits per heavy atom. The lowest BCUT2D eigenvalue weighted by Gasteiger charge is -2.35. The molecule has 2 rings (SSSR count). The van der Waals surface area contributed by atoms with E-state index in [9.17, 15) is 13.2 Å². The molecule has 1 aliphatic heterocycles. The molecule has 1 N–H and O–H groups in total. The van der Waals surface area contributed by atoms with Crippen LogP contribution in [0, 0.1) is 11.8 Å². The maximum Gasteiger partial charge on any atom is 0.253 e. The third kappa shape index (κ3) is 4.42. The van der Waals surface area contributed by atoms with Gasteiger partial charge >= 0.3 is 0 Å². The smallest absolute Gasteiger partial charge is 0.253 e. The maximum absolute atomic E-state index is 12.6. The van der Waals surface area contributed by atoms with Crippen molar-refractivity contribution in [1.82, 2.24) is 9.62 Å². The van der Waals surface area contributed by atoms with Crippen LogP contribution in [0.2, 0.25) is 0 Å². The summed E-state index contributed by atoms with van der Waals surface area (Å²) in [6.07, 6.45) is 2.62. The van der Waals surface area contributed by atoms with Crippen molar-refractivity contribution in [3.63, 3.8) is 0 Å². The summed E-state index contributed by atoms with van der Waals surface area (Å²) in [6.45, 7) is 9.46. The van der Waals surface area contributed by atoms with Gasteiger partial charge in [0.2, 0.25) is 10.0 Å². The molecular formula is C17H24N2O3S. The van der Waals surface area contributed by atoms with E-state index >= 15 is 0 Å². The summed E-state index contributed by atoms with van der Waals surface area (Å²) in [5.74, 6) is 0.947. The van der Waals surface area contributed by atoms with Crippen LogP contribution in [0.3, 0.4) is 0 Å². The standard InChI is InChI=1S/C17H24N2O3S/c1-4-9-18-23(21,22)16-7-5-15(6-8-16)17(20)19-11-13(2)10-14(3)12-19/h4-8,13-14,18H,1,9-12H2,2-3H3/t13-,14-/m1/s1. The van der Waals surface area contributed by atoms with Crippen LogP contribution < -0.4 is 4.72 Å². The Balaban J connectivity index is 2.13. The van der Waals surface area contributed by atoms with Gasteiger partial charge in [0, 0.05) is 25.2 Å². The van der Waals surface area contributed by atoms with E-state index < -0.39 is 10.0 Å². The monoisotopic (exact) mass is 336 g/mol. The molecule has 23 heavy (non-hydrogen) atoms. The van der Waals surface area contributed by atoms with Gasteiger partial charge in [-0.2, -0.15) is 0 Å². The van der Waals surface area contributed by atoms with Crippen LogP contribution in [0.15, 0.2) is 41.8 Å². The van der Waals surface area contributed by atoms with Crippen LogP contribution in [0.25, 0.3) is 0 Å². The minimum absolute atomic E-state index is 0.0357. The van der Waals surface area contributed by atoms with Crippen molar-refractivity contribution >= 4 is 15.9 Å². The van der Waals surface area contributed by atoms with Gasteiger partial charge in [-0.3, -0.25) is 4.79 Å². The number of nitrogens with zero attached hydrogens (tertiary/aromatic N) is 1. The number of carbonyl (C=O) groups excluding carboxylic acids is 1. The molecule has 0 aromatic heterocycles. The first kappa shape index (κ1) is 17.7. The van der Waals surface area contributed by atoms with Gasteiger partial charge in [-0.05, 0) is 42.5 Å². The van der Waals surface area contributed by atoms with Crippen molar-refractivity contribution in [2.45, 2.75) is 25.2 Å².